The van der Waals surface area contributed by atoms with Gasteiger partial charge in [0.25, 0.3) is 0 Å². The number of benzene rings is 1. The predicted molar refractivity (Wildman–Crippen MR) is 89.7 cm³/mol. The second kappa shape index (κ2) is 7.37. The molecule has 2 heteroatoms. The van der Waals surface area contributed by atoms with Crippen LogP contribution < -0.4 is 5.32 Å². The largest absolute Gasteiger partial charge is 0.305 e. The maximum absolute atomic E-state index is 4.67. The number of aryl methyl sites for hydroxylation is 3. The van der Waals surface area contributed by atoms with Crippen molar-refractivity contribution in [3.63, 3.8) is 0 Å². The first-order chi connectivity index (χ1) is 10.2. The normalized spacial score (nSPS) is 12.4. The topological polar surface area (TPSA) is 24.9 Å². The van der Waals surface area contributed by atoms with Gasteiger partial charge in [-0.15, -0.1) is 0 Å². The smallest absolute Gasteiger partial charge is 0.0754 e. The summed E-state index contributed by atoms with van der Waals surface area (Å²) in [5, 5.41) is 3.66. The van der Waals surface area contributed by atoms with E-state index in [0.717, 1.165) is 25.1 Å². The highest BCUT2D eigenvalue weighted by atomic mass is 14.9. The second-order valence-electron chi connectivity index (χ2n) is 5.63. The van der Waals surface area contributed by atoms with Crippen molar-refractivity contribution in [2.45, 2.75) is 46.6 Å². The average Bonchev–Trinajstić information content (AvgIpc) is 2.51. The fourth-order valence-electron chi connectivity index (χ4n) is 2.61. The van der Waals surface area contributed by atoms with Crippen LogP contribution in [0.25, 0.3) is 0 Å². The van der Waals surface area contributed by atoms with Gasteiger partial charge < -0.3 is 5.32 Å². The third-order valence-corrected chi connectivity index (χ3v) is 4.04. The van der Waals surface area contributed by atoms with E-state index in [1.807, 2.05) is 12.3 Å². The molecule has 1 N–H and O–H groups in total. The number of pyridine rings is 1. The molecule has 1 aromatic heterocycles. The SMILES string of the molecule is CCCNC(c1ccc(C)c(C)c1)c1ncccc1CC. The van der Waals surface area contributed by atoms with Crippen LogP contribution in [0.5, 0.6) is 0 Å². The molecule has 0 amide bonds. The zero-order chi connectivity index (χ0) is 15.2. The Balaban J connectivity index is 2.44. The molecule has 112 valence electrons. The highest BCUT2D eigenvalue weighted by Crippen LogP contribution is 2.25. The summed E-state index contributed by atoms with van der Waals surface area (Å²) >= 11 is 0. The van der Waals surface area contributed by atoms with E-state index in [0.29, 0.717) is 0 Å². The molecule has 2 nitrogen and oxygen atoms in total. The lowest BCUT2D eigenvalue weighted by molar-refractivity contribution is 0.581. The van der Waals surface area contributed by atoms with Crippen LogP contribution in [0.3, 0.4) is 0 Å². The summed E-state index contributed by atoms with van der Waals surface area (Å²) in [5.41, 5.74) is 6.47. The van der Waals surface area contributed by atoms with Crippen LogP contribution in [-0.4, -0.2) is 11.5 Å². The van der Waals surface area contributed by atoms with Crippen LogP contribution in [0.15, 0.2) is 36.5 Å². The Hall–Kier alpha value is -1.67. The first-order valence-corrected chi connectivity index (χ1v) is 7.91. The maximum Gasteiger partial charge on any atom is 0.0754 e. The molecule has 0 saturated carbocycles. The molecular weight excluding hydrogens is 256 g/mol. The predicted octanol–water partition coefficient (Wildman–Crippen LogP) is 4.35. The van der Waals surface area contributed by atoms with Gasteiger partial charge in [0.05, 0.1) is 11.7 Å². The summed E-state index contributed by atoms with van der Waals surface area (Å²) in [6, 6.07) is 11.1. The fourth-order valence-corrected chi connectivity index (χ4v) is 2.61. The highest BCUT2D eigenvalue weighted by Gasteiger charge is 2.17. The lowest BCUT2D eigenvalue weighted by Crippen LogP contribution is -2.25. The van der Waals surface area contributed by atoms with E-state index in [1.165, 1.54) is 22.3 Å². The van der Waals surface area contributed by atoms with Gasteiger partial charge in [-0.3, -0.25) is 4.98 Å². The molecule has 0 bridgehead atoms. The Morgan fingerprint density at radius 2 is 1.90 bits per heavy atom. The van der Waals surface area contributed by atoms with Crippen LogP contribution in [0.2, 0.25) is 0 Å². The Kier molecular flexibility index (Phi) is 5.51. The number of hydrogen-bond donors (Lipinski definition) is 1. The monoisotopic (exact) mass is 282 g/mol. The van der Waals surface area contributed by atoms with Gasteiger partial charge in [0.15, 0.2) is 0 Å². The van der Waals surface area contributed by atoms with Crippen molar-refractivity contribution in [3.05, 3.63) is 64.5 Å². The van der Waals surface area contributed by atoms with Crippen LogP contribution in [-0.2, 0) is 6.42 Å². The highest BCUT2D eigenvalue weighted by molar-refractivity contribution is 5.37. The lowest BCUT2D eigenvalue weighted by atomic mass is 9.95. The van der Waals surface area contributed by atoms with Crippen LogP contribution in [0, 0.1) is 13.8 Å². The van der Waals surface area contributed by atoms with Crippen molar-refractivity contribution in [1.82, 2.24) is 10.3 Å². The van der Waals surface area contributed by atoms with E-state index in [2.05, 4.69) is 62.3 Å². The summed E-state index contributed by atoms with van der Waals surface area (Å²) in [4.78, 5) is 4.67. The minimum atomic E-state index is 0.181. The summed E-state index contributed by atoms with van der Waals surface area (Å²) in [6.45, 7) is 9.72. The van der Waals surface area contributed by atoms with Crippen LogP contribution >= 0.6 is 0 Å². The molecule has 21 heavy (non-hydrogen) atoms. The molecule has 1 unspecified atom stereocenters. The van der Waals surface area contributed by atoms with Crippen LogP contribution in [0.1, 0.15) is 54.3 Å². The molecule has 1 heterocycles. The molecule has 0 fully saturated rings. The van der Waals surface area contributed by atoms with E-state index in [-0.39, 0.29) is 6.04 Å². The van der Waals surface area contributed by atoms with Crippen molar-refractivity contribution >= 4 is 0 Å². The molecule has 1 atom stereocenters. The first kappa shape index (κ1) is 15.7. The summed E-state index contributed by atoms with van der Waals surface area (Å²) < 4.78 is 0. The molecule has 0 saturated heterocycles. The first-order valence-electron chi connectivity index (χ1n) is 7.91. The van der Waals surface area contributed by atoms with Crippen molar-refractivity contribution in [1.29, 1.82) is 0 Å². The number of nitrogens with zero attached hydrogens (tertiary/aromatic N) is 1. The Labute approximate surface area is 128 Å². The van der Waals surface area contributed by atoms with Gasteiger partial charge in [-0.25, -0.2) is 0 Å². The summed E-state index contributed by atoms with van der Waals surface area (Å²) in [5.74, 6) is 0. The number of aromatic nitrogens is 1. The van der Waals surface area contributed by atoms with Gasteiger partial charge in [-0.05, 0) is 61.6 Å². The third-order valence-electron chi connectivity index (χ3n) is 4.04. The Morgan fingerprint density at radius 1 is 1.10 bits per heavy atom. The lowest BCUT2D eigenvalue weighted by Gasteiger charge is -2.22. The molecule has 2 rings (SSSR count). The quantitative estimate of drug-likeness (QED) is 0.852. The number of hydrogen-bond acceptors (Lipinski definition) is 2. The molecule has 0 aliphatic carbocycles. The molecular formula is C19H26N2. The Morgan fingerprint density at radius 3 is 2.57 bits per heavy atom. The van der Waals surface area contributed by atoms with E-state index in [9.17, 15) is 0 Å². The maximum atomic E-state index is 4.67. The van der Waals surface area contributed by atoms with E-state index in [1.54, 1.807) is 0 Å². The minimum Gasteiger partial charge on any atom is -0.305 e. The molecule has 2 aromatic rings. The molecule has 1 aromatic carbocycles. The molecule has 0 aliphatic heterocycles. The minimum absolute atomic E-state index is 0.181. The van der Waals surface area contributed by atoms with E-state index >= 15 is 0 Å². The third kappa shape index (κ3) is 3.70. The summed E-state index contributed by atoms with van der Waals surface area (Å²) in [6.07, 6.45) is 4.03. The standard InChI is InChI=1S/C19H26N2/c1-5-11-20-19(17-10-9-14(3)15(4)13-17)18-16(6-2)8-7-12-21-18/h7-10,12-13,19-20H,5-6,11H2,1-4H3. The van der Waals surface area contributed by atoms with Gasteiger partial charge in [-0.2, -0.15) is 0 Å². The van der Waals surface area contributed by atoms with Crippen molar-refractivity contribution in [2.24, 2.45) is 0 Å². The van der Waals surface area contributed by atoms with Crippen molar-refractivity contribution in [3.8, 4) is 0 Å². The zero-order valence-corrected chi connectivity index (χ0v) is 13.6. The van der Waals surface area contributed by atoms with Crippen molar-refractivity contribution in [2.75, 3.05) is 6.54 Å². The fraction of sp³-hybridized carbons (Fsp3) is 0.421. The number of rotatable bonds is 6. The summed E-state index contributed by atoms with van der Waals surface area (Å²) in [7, 11) is 0. The molecule has 0 spiro atoms. The van der Waals surface area contributed by atoms with E-state index in [4.69, 9.17) is 0 Å². The molecule has 0 radical (unpaired) electrons. The van der Waals surface area contributed by atoms with Crippen LogP contribution in [0.4, 0.5) is 0 Å². The Bertz CT molecular complexity index is 590. The van der Waals surface area contributed by atoms with Gasteiger partial charge >= 0.3 is 0 Å². The van der Waals surface area contributed by atoms with Gasteiger partial charge in [0.2, 0.25) is 0 Å². The van der Waals surface area contributed by atoms with E-state index < -0.39 is 0 Å². The zero-order valence-electron chi connectivity index (χ0n) is 13.6. The van der Waals surface area contributed by atoms with Gasteiger partial charge in [0, 0.05) is 6.20 Å². The van der Waals surface area contributed by atoms with Gasteiger partial charge in [0.1, 0.15) is 0 Å². The molecule has 0 aliphatic rings. The average molecular weight is 282 g/mol. The van der Waals surface area contributed by atoms with Crippen molar-refractivity contribution < 1.29 is 0 Å². The number of nitrogens with one attached hydrogen (secondary N) is 1. The second-order valence-corrected chi connectivity index (χ2v) is 5.63. The van der Waals surface area contributed by atoms with Gasteiger partial charge in [-0.1, -0.05) is 38.1 Å².